The van der Waals surface area contributed by atoms with E-state index in [1.54, 1.807) is 6.07 Å². The number of fused-ring (bicyclic) bond motifs is 1. The molecule has 0 atom stereocenters. The SMILES string of the molecule is Cc1cc(Br)c(F)cc1NCc1c(C)nc2ccccn12. The number of pyridine rings is 1. The van der Waals surface area contributed by atoms with Gasteiger partial charge in [-0.15, -0.1) is 0 Å². The topological polar surface area (TPSA) is 29.3 Å². The van der Waals surface area contributed by atoms with Crippen LogP contribution in [-0.4, -0.2) is 9.38 Å². The van der Waals surface area contributed by atoms with Crippen LogP contribution in [0.25, 0.3) is 5.65 Å². The van der Waals surface area contributed by atoms with Crippen molar-refractivity contribution in [1.29, 1.82) is 0 Å². The second-order valence-electron chi connectivity index (χ2n) is 5.01. The summed E-state index contributed by atoms with van der Waals surface area (Å²) in [5, 5.41) is 3.29. The first-order chi connectivity index (χ1) is 10.1. The van der Waals surface area contributed by atoms with Crippen LogP contribution >= 0.6 is 15.9 Å². The van der Waals surface area contributed by atoms with Crippen molar-refractivity contribution in [1.82, 2.24) is 9.38 Å². The monoisotopic (exact) mass is 347 g/mol. The molecule has 0 saturated heterocycles. The van der Waals surface area contributed by atoms with Crippen LogP contribution in [0.4, 0.5) is 10.1 Å². The molecular formula is C16H15BrFN3. The van der Waals surface area contributed by atoms with Crippen molar-refractivity contribution in [3.63, 3.8) is 0 Å². The van der Waals surface area contributed by atoms with Crippen LogP contribution in [0.1, 0.15) is 17.0 Å². The molecular weight excluding hydrogens is 333 g/mol. The van der Waals surface area contributed by atoms with E-state index in [4.69, 9.17) is 0 Å². The molecule has 0 aliphatic carbocycles. The first-order valence-electron chi connectivity index (χ1n) is 6.68. The van der Waals surface area contributed by atoms with Gasteiger partial charge in [0.2, 0.25) is 0 Å². The third-order valence-corrected chi connectivity index (χ3v) is 4.15. The Bertz CT molecular complexity index is 811. The van der Waals surface area contributed by atoms with Crippen molar-refractivity contribution in [2.24, 2.45) is 0 Å². The minimum absolute atomic E-state index is 0.266. The van der Waals surface area contributed by atoms with Gasteiger partial charge in [0.05, 0.1) is 22.4 Å². The van der Waals surface area contributed by atoms with Crippen molar-refractivity contribution in [3.05, 3.63) is 63.8 Å². The van der Waals surface area contributed by atoms with Crippen LogP contribution in [0.15, 0.2) is 41.0 Å². The van der Waals surface area contributed by atoms with Crippen LogP contribution in [0.2, 0.25) is 0 Å². The van der Waals surface area contributed by atoms with Crippen molar-refractivity contribution in [3.8, 4) is 0 Å². The van der Waals surface area contributed by atoms with E-state index >= 15 is 0 Å². The van der Waals surface area contributed by atoms with E-state index in [2.05, 4.69) is 26.2 Å². The Balaban J connectivity index is 1.90. The minimum Gasteiger partial charge on any atom is -0.379 e. The summed E-state index contributed by atoms with van der Waals surface area (Å²) in [4.78, 5) is 4.52. The lowest BCUT2D eigenvalue weighted by molar-refractivity contribution is 0.621. The number of halogens is 2. The molecule has 21 heavy (non-hydrogen) atoms. The molecule has 2 heterocycles. The van der Waals surface area contributed by atoms with Gasteiger partial charge in [-0.25, -0.2) is 9.37 Å². The number of nitrogens with one attached hydrogen (secondary N) is 1. The van der Waals surface area contributed by atoms with Gasteiger partial charge in [-0.1, -0.05) is 6.07 Å². The van der Waals surface area contributed by atoms with E-state index in [9.17, 15) is 4.39 Å². The average Bonchev–Trinajstić information content (AvgIpc) is 2.77. The van der Waals surface area contributed by atoms with Gasteiger partial charge in [0, 0.05) is 11.9 Å². The fourth-order valence-corrected chi connectivity index (χ4v) is 2.85. The largest absolute Gasteiger partial charge is 0.379 e. The van der Waals surface area contributed by atoms with E-state index in [1.807, 2.05) is 42.6 Å². The predicted molar refractivity (Wildman–Crippen MR) is 86.1 cm³/mol. The van der Waals surface area contributed by atoms with Crippen LogP contribution in [0.3, 0.4) is 0 Å². The van der Waals surface area contributed by atoms with Gasteiger partial charge in [0.25, 0.3) is 0 Å². The number of hydrogen-bond donors (Lipinski definition) is 1. The zero-order valence-corrected chi connectivity index (χ0v) is 13.4. The Morgan fingerprint density at radius 1 is 1.29 bits per heavy atom. The van der Waals surface area contributed by atoms with Crippen molar-refractivity contribution < 1.29 is 4.39 Å². The fraction of sp³-hybridized carbons (Fsp3) is 0.188. The van der Waals surface area contributed by atoms with Gasteiger partial charge in [-0.05, 0) is 59.6 Å². The highest BCUT2D eigenvalue weighted by atomic mass is 79.9. The first-order valence-corrected chi connectivity index (χ1v) is 7.47. The van der Waals surface area contributed by atoms with E-state index in [0.29, 0.717) is 11.0 Å². The second-order valence-corrected chi connectivity index (χ2v) is 5.86. The number of rotatable bonds is 3. The molecule has 0 radical (unpaired) electrons. The molecule has 3 nitrogen and oxygen atoms in total. The lowest BCUT2D eigenvalue weighted by Gasteiger charge is -2.11. The number of nitrogens with zero attached hydrogens (tertiary/aromatic N) is 2. The van der Waals surface area contributed by atoms with Crippen molar-refractivity contribution in [2.75, 3.05) is 5.32 Å². The van der Waals surface area contributed by atoms with Gasteiger partial charge in [-0.3, -0.25) is 0 Å². The molecule has 0 amide bonds. The fourth-order valence-electron chi connectivity index (χ4n) is 2.39. The molecule has 2 aromatic heterocycles. The third kappa shape index (κ3) is 2.65. The molecule has 0 spiro atoms. The Labute approximate surface area is 131 Å². The Morgan fingerprint density at radius 2 is 2.10 bits per heavy atom. The molecule has 0 saturated carbocycles. The molecule has 3 aromatic rings. The maximum absolute atomic E-state index is 13.7. The molecule has 0 unspecified atom stereocenters. The zero-order chi connectivity index (χ0) is 15.0. The van der Waals surface area contributed by atoms with Crippen LogP contribution in [0.5, 0.6) is 0 Å². The van der Waals surface area contributed by atoms with Gasteiger partial charge in [0.1, 0.15) is 11.5 Å². The summed E-state index contributed by atoms with van der Waals surface area (Å²) < 4.78 is 16.2. The van der Waals surface area contributed by atoms with Crippen molar-refractivity contribution in [2.45, 2.75) is 20.4 Å². The average molecular weight is 348 g/mol. The summed E-state index contributed by atoms with van der Waals surface area (Å²) in [6.45, 7) is 4.53. The Kier molecular flexibility index (Phi) is 3.68. The number of aromatic nitrogens is 2. The van der Waals surface area contributed by atoms with Crippen LogP contribution in [-0.2, 0) is 6.54 Å². The van der Waals surface area contributed by atoms with Gasteiger partial charge < -0.3 is 9.72 Å². The van der Waals surface area contributed by atoms with E-state index in [-0.39, 0.29) is 5.82 Å². The highest BCUT2D eigenvalue weighted by molar-refractivity contribution is 9.10. The lowest BCUT2D eigenvalue weighted by Crippen LogP contribution is -2.05. The quantitative estimate of drug-likeness (QED) is 0.757. The summed E-state index contributed by atoms with van der Waals surface area (Å²) in [7, 11) is 0. The predicted octanol–water partition coefficient (Wildman–Crippen LogP) is 4.46. The molecule has 5 heteroatoms. The maximum atomic E-state index is 13.7. The number of benzene rings is 1. The smallest absolute Gasteiger partial charge is 0.139 e. The maximum Gasteiger partial charge on any atom is 0.139 e. The summed E-state index contributed by atoms with van der Waals surface area (Å²) in [5.74, 6) is -0.266. The molecule has 1 N–H and O–H groups in total. The molecule has 1 aromatic carbocycles. The highest BCUT2D eigenvalue weighted by Gasteiger charge is 2.09. The van der Waals surface area contributed by atoms with Crippen molar-refractivity contribution >= 4 is 27.3 Å². The van der Waals surface area contributed by atoms with Gasteiger partial charge >= 0.3 is 0 Å². The van der Waals surface area contributed by atoms with Crippen LogP contribution < -0.4 is 5.32 Å². The normalized spacial score (nSPS) is 11.0. The Hall–Kier alpha value is -1.88. The third-order valence-electron chi connectivity index (χ3n) is 3.54. The molecule has 0 aliphatic rings. The first kappa shape index (κ1) is 14.1. The highest BCUT2D eigenvalue weighted by Crippen LogP contribution is 2.24. The molecule has 0 aliphatic heterocycles. The Morgan fingerprint density at radius 3 is 2.90 bits per heavy atom. The second kappa shape index (κ2) is 5.48. The standard InChI is InChI=1S/C16H15BrFN3/c1-10-7-12(17)13(18)8-14(10)19-9-15-11(2)20-16-5-3-4-6-21(15)16/h3-8,19H,9H2,1-2H3. The lowest BCUT2D eigenvalue weighted by atomic mass is 10.2. The number of imidazole rings is 1. The number of hydrogen-bond acceptors (Lipinski definition) is 2. The zero-order valence-electron chi connectivity index (χ0n) is 11.8. The van der Waals surface area contributed by atoms with Crippen LogP contribution in [0, 0.1) is 19.7 Å². The van der Waals surface area contributed by atoms with E-state index < -0.39 is 0 Å². The summed E-state index contributed by atoms with van der Waals surface area (Å²) in [6.07, 6.45) is 1.99. The van der Waals surface area contributed by atoms with Gasteiger partial charge in [-0.2, -0.15) is 0 Å². The number of aryl methyl sites for hydroxylation is 2. The molecule has 108 valence electrons. The van der Waals surface area contributed by atoms with E-state index in [0.717, 1.165) is 28.3 Å². The summed E-state index contributed by atoms with van der Waals surface area (Å²) in [5.41, 5.74) is 4.76. The molecule has 0 bridgehead atoms. The number of anilines is 1. The van der Waals surface area contributed by atoms with E-state index in [1.165, 1.54) is 6.07 Å². The molecule has 3 rings (SSSR count). The minimum atomic E-state index is -0.266. The molecule has 0 fully saturated rings. The summed E-state index contributed by atoms with van der Waals surface area (Å²) in [6, 6.07) is 9.20. The summed E-state index contributed by atoms with van der Waals surface area (Å²) >= 11 is 3.20. The van der Waals surface area contributed by atoms with Gasteiger partial charge in [0.15, 0.2) is 0 Å².